The molecule has 0 aromatic heterocycles. The van der Waals surface area contributed by atoms with E-state index in [1.807, 2.05) is 0 Å². The van der Waals surface area contributed by atoms with E-state index in [-0.39, 0.29) is 0 Å². The minimum atomic E-state index is -0.998. The van der Waals surface area contributed by atoms with Crippen molar-refractivity contribution < 1.29 is 19.7 Å². The molecule has 2 aromatic rings. The van der Waals surface area contributed by atoms with Crippen LogP contribution in [0.4, 0.5) is 17.1 Å². The average molecular weight is 303 g/mol. The lowest BCUT2D eigenvalue weighted by Crippen LogP contribution is -2.13. The first-order valence-corrected chi connectivity index (χ1v) is 5.92. The summed E-state index contributed by atoms with van der Waals surface area (Å²) in [6.45, 7) is 0. The Bertz CT molecular complexity index is 760. The lowest BCUT2D eigenvalue weighted by molar-refractivity contribution is -0.394. The minimum absolute atomic E-state index is 0.376. The van der Waals surface area contributed by atoms with Crippen LogP contribution in [-0.4, -0.2) is 20.9 Å². The van der Waals surface area contributed by atoms with E-state index in [1.165, 1.54) is 0 Å². The Morgan fingerprint density at radius 2 is 1.68 bits per heavy atom. The van der Waals surface area contributed by atoms with E-state index in [0.717, 1.165) is 6.07 Å². The molecule has 9 heteroatoms. The molecule has 0 aliphatic heterocycles. The number of nitrogens with zero attached hydrogens (tertiary/aromatic N) is 2. The monoisotopic (exact) mass is 303 g/mol. The van der Waals surface area contributed by atoms with E-state index in [2.05, 4.69) is 5.32 Å². The van der Waals surface area contributed by atoms with Gasteiger partial charge in [0.15, 0.2) is 0 Å². The van der Waals surface area contributed by atoms with E-state index in [9.17, 15) is 30.1 Å². The van der Waals surface area contributed by atoms with Gasteiger partial charge in [0.1, 0.15) is 0 Å². The van der Waals surface area contributed by atoms with Crippen LogP contribution in [0, 0.1) is 20.2 Å². The van der Waals surface area contributed by atoms with Gasteiger partial charge in [-0.05, 0) is 12.1 Å². The van der Waals surface area contributed by atoms with Crippen molar-refractivity contribution in [3.63, 3.8) is 0 Å². The Balaban J connectivity index is 2.47. The molecule has 22 heavy (non-hydrogen) atoms. The highest BCUT2D eigenvalue weighted by atomic mass is 16.6. The maximum Gasteiger partial charge on any atom is 0.318 e. The van der Waals surface area contributed by atoms with Crippen molar-refractivity contribution in [2.75, 3.05) is 5.32 Å². The van der Waals surface area contributed by atoms with Crippen molar-refractivity contribution in [2.45, 2.75) is 0 Å². The number of non-ortho nitro benzene ring substituents is 1. The topological polar surface area (TPSA) is 136 Å². The number of para-hydroxylation sites is 1. The Morgan fingerprint density at radius 1 is 1.05 bits per heavy atom. The van der Waals surface area contributed by atoms with Crippen LogP contribution in [0.5, 0.6) is 5.75 Å². The SMILES string of the molecule is O=C(Nc1ccccc1)c1cc([N+](=O)[O-])cc([N+](=O)[O-])c1O. The fourth-order valence-electron chi connectivity index (χ4n) is 1.74. The molecule has 0 fully saturated rings. The average Bonchev–Trinajstić information content (AvgIpc) is 2.47. The summed E-state index contributed by atoms with van der Waals surface area (Å²) >= 11 is 0. The number of phenols is 1. The summed E-state index contributed by atoms with van der Waals surface area (Å²) in [5.74, 6) is -1.82. The number of phenolic OH excluding ortho intramolecular Hbond substituents is 1. The zero-order valence-corrected chi connectivity index (χ0v) is 10.9. The smallest absolute Gasteiger partial charge is 0.318 e. The highest BCUT2D eigenvalue weighted by Gasteiger charge is 2.27. The number of nitrogens with one attached hydrogen (secondary N) is 1. The highest BCUT2D eigenvalue weighted by molar-refractivity contribution is 6.07. The van der Waals surface area contributed by atoms with Crippen molar-refractivity contribution in [3.8, 4) is 5.75 Å². The van der Waals surface area contributed by atoms with Gasteiger partial charge in [-0.1, -0.05) is 18.2 Å². The van der Waals surface area contributed by atoms with E-state index < -0.39 is 38.4 Å². The third-order valence-electron chi connectivity index (χ3n) is 2.76. The Kier molecular flexibility index (Phi) is 3.98. The number of carbonyl (C=O) groups is 1. The second kappa shape index (κ2) is 5.87. The molecule has 0 radical (unpaired) electrons. The molecular weight excluding hydrogens is 294 g/mol. The predicted octanol–water partition coefficient (Wildman–Crippen LogP) is 2.46. The first-order valence-electron chi connectivity index (χ1n) is 5.92. The number of hydrogen-bond acceptors (Lipinski definition) is 6. The van der Waals surface area contributed by atoms with Crippen molar-refractivity contribution in [2.24, 2.45) is 0 Å². The molecule has 2 aromatic carbocycles. The summed E-state index contributed by atoms with van der Waals surface area (Å²) < 4.78 is 0. The van der Waals surface area contributed by atoms with Gasteiger partial charge in [0.25, 0.3) is 11.6 Å². The van der Waals surface area contributed by atoms with Crippen LogP contribution in [0.3, 0.4) is 0 Å². The number of nitro benzene ring substituents is 2. The fraction of sp³-hybridized carbons (Fsp3) is 0. The summed E-state index contributed by atoms with van der Waals surface area (Å²) in [5, 5.41) is 33.8. The quantitative estimate of drug-likeness (QED) is 0.657. The van der Waals surface area contributed by atoms with Crippen molar-refractivity contribution >= 4 is 23.0 Å². The second-order valence-electron chi connectivity index (χ2n) is 4.20. The number of rotatable bonds is 4. The fourth-order valence-corrected chi connectivity index (χ4v) is 1.74. The van der Waals surface area contributed by atoms with E-state index >= 15 is 0 Å². The van der Waals surface area contributed by atoms with Gasteiger partial charge in [-0.2, -0.15) is 0 Å². The van der Waals surface area contributed by atoms with Crippen LogP contribution in [0.2, 0.25) is 0 Å². The minimum Gasteiger partial charge on any atom is -0.502 e. The second-order valence-corrected chi connectivity index (χ2v) is 4.20. The predicted molar refractivity (Wildman–Crippen MR) is 75.8 cm³/mol. The Morgan fingerprint density at radius 3 is 2.23 bits per heavy atom. The Hall–Kier alpha value is -3.49. The van der Waals surface area contributed by atoms with Gasteiger partial charge in [0, 0.05) is 11.8 Å². The van der Waals surface area contributed by atoms with Gasteiger partial charge in [-0.3, -0.25) is 25.0 Å². The molecule has 0 bridgehead atoms. The first-order chi connectivity index (χ1) is 10.4. The number of benzene rings is 2. The zero-order valence-electron chi connectivity index (χ0n) is 10.9. The van der Waals surface area contributed by atoms with Crippen LogP contribution in [0.25, 0.3) is 0 Å². The van der Waals surface area contributed by atoms with E-state index in [0.29, 0.717) is 11.8 Å². The van der Waals surface area contributed by atoms with E-state index in [1.54, 1.807) is 30.3 Å². The molecule has 0 spiro atoms. The number of nitro groups is 2. The summed E-state index contributed by atoms with van der Waals surface area (Å²) in [6, 6.07) is 9.48. The lowest BCUT2D eigenvalue weighted by atomic mass is 10.1. The third-order valence-corrected chi connectivity index (χ3v) is 2.76. The lowest BCUT2D eigenvalue weighted by Gasteiger charge is -2.07. The molecule has 0 atom stereocenters. The molecule has 112 valence electrons. The molecule has 1 amide bonds. The van der Waals surface area contributed by atoms with Crippen LogP contribution >= 0.6 is 0 Å². The molecule has 2 rings (SSSR count). The molecule has 0 heterocycles. The van der Waals surface area contributed by atoms with Crippen molar-refractivity contribution in [1.82, 2.24) is 0 Å². The van der Waals surface area contributed by atoms with Crippen molar-refractivity contribution in [3.05, 3.63) is 68.3 Å². The van der Waals surface area contributed by atoms with Gasteiger partial charge in [0.2, 0.25) is 5.75 Å². The molecular formula is C13H9N3O6. The number of amides is 1. The van der Waals surface area contributed by atoms with Gasteiger partial charge < -0.3 is 10.4 Å². The highest BCUT2D eigenvalue weighted by Crippen LogP contribution is 2.34. The zero-order chi connectivity index (χ0) is 16.3. The number of carbonyl (C=O) groups excluding carboxylic acids is 1. The summed E-state index contributed by atoms with van der Waals surface area (Å²) in [6.07, 6.45) is 0. The summed E-state index contributed by atoms with van der Waals surface area (Å²) in [4.78, 5) is 31.8. The number of hydrogen-bond donors (Lipinski definition) is 2. The summed E-state index contributed by atoms with van der Waals surface area (Å²) in [7, 11) is 0. The van der Waals surface area contributed by atoms with Crippen LogP contribution < -0.4 is 5.32 Å². The maximum atomic E-state index is 12.1. The Labute approximate surface area is 123 Å². The van der Waals surface area contributed by atoms with E-state index in [4.69, 9.17) is 0 Å². The molecule has 0 saturated heterocycles. The van der Waals surface area contributed by atoms with Crippen molar-refractivity contribution in [1.29, 1.82) is 0 Å². The van der Waals surface area contributed by atoms with Crippen LogP contribution in [0.1, 0.15) is 10.4 Å². The van der Waals surface area contributed by atoms with Gasteiger partial charge in [0.05, 0.1) is 21.5 Å². The third kappa shape index (κ3) is 2.98. The molecule has 0 aliphatic rings. The van der Waals surface area contributed by atoms with Crippen LogP contribution in [-0.2, 0) is 0 Å². The standard InChI is InChI=1S/C13H9N3O6/c17-12-10(13(18)14-8-4-2-1-3-5-8)6-9(15(19)20)7-11(12)16(21)22/h1-7,17H,(H,14,18). The first kappa shape index (κ1) is 14.9. The largest absolute Gasteiger partial charge is 0.502 e. The maximum absolute atomic E-state index is 12.1. The van der Waals surface area contributed by atoms with Gasteiger partial charge in [-0.15, -0.1) is 0 Å². The molecule has 0 unspecified atom stereocenters. The molecule has 0 saturated carbocycles. The molecule has 2 N–H and O–H groups in total. The summed E-state index contributed by atoms with van der Waals surface area (Å²) in [5.41, 5.74) is -1.75. The van der Waals surface area contributed by atoms with Crippen LogP contribution in [0.15, 0.2) is 42.5 Å². The molecule has 0 aliphatic carbocycles. The van der Waals surface area contributed by atoms with Gasteiger partial charge in [-0.25, -0.2) is 0 Å². The van der Waals surface area contributed by atoms with Gasteiger partial charge >= 0.3 is 5.69 Å². The normalized spacial score (nSPS) is 10.0. The number of aromatic hydroxyl groups is 1. The molecule has 9 nitrogen and oxygen atoms in total. The number of anilines is 1.